The second-order valence-electron chi connectivity index (χ2n) is 0.670. The summed E-state index contributed by atoms with van der Waals surface area (Å²) in [5, 5.41) is 0. The van der Waals surface area contributed by atoms with Crippen molar-refractivity contribution in [2.24, 2.45) is 0 Å². The van der Waals surface area contributed by atoms with Crippen molar-refractivity contribution in [3.63, 3.8) is 0 Å². The molecule has 0 aliphatic heterocycles. The molecule has 0 bridgehead atoms. The summed E-state index contributed by atoms with van der Waals surface area (Å²) in [5.74, 6) is 0. The second kappa shape index (κ2) is 29.2. The molecule has 0 spiro atoms. The third-order valence-electron chi connectivity index (χ3n) is 0. The predicted molar refractivity (Wildman–Crippen MR) is 34.8 cm³/mol. The zero-order valence-corrected chi connectivity index (χ0v) is 13.0. The van der Waals surface area contributed by atoms with Crippen LogP contribution in [-0.2, 0) is 27.5 Å². The van der Waals surface area contributed by atoms with E-state index in [1.54, 1.807) is 0 Å². The van der Waals surface area contributed by atoms with Gasteiger partial charge in [-0.2, -0.15) is 0 Å². The van der Waals surface area contributed by atoms with Gasteiger partial charge in [0.15, 0.2) is 0 Å². The van der Waals surface area contributed by atoms with Gasteiger partial charge in [-0.25, -0.2) is 8.42 Å². The molecule has 11 heteroatoms. The average molecular weight is 252 g/mol. The van der Waals surface area contributed by atoms with Crippen LogP contribution in [0.25, 0.3) is 0 Å². The van der Waals surface area contributed by atoms with Crippen LogP contribution in [0.1, 0.15) is 6.92 Å². The molecular weight excluding hydrogens is 246 g/mol. The van der Waals surface area contributed by atoms with Crippen LogP contribution in [0.2, 0.25) is 0 Å². The van der Waals surface area contributed by atoms with Crippen molar-refractivity contribution in [2.75, 3.05) is 0 Å². The van der Waals surface area contributed by atoms with Crippen LogP contribution in [-0.4, -0.2) is 32.9 Å². The zero-order valence-electron chi connectivity index (χ0n) is 7.33. The minimum absolute atomic E-state index is 0. The Bertz CT molecular complexity index is 110. The van der Waals surface area contributed by atoms with Crippen LogP contribution in [0.3, 0.4) is 0 Å². The molecule has 0 amide bonds. The van der Waals surface area contributed by atoms with Gasteiger partial charge in [0, 0.05) is 0 Å². The summed E-state index contributed by atoms with van der Waals surface area (Å²) >= 11 is -5.72. The smallest absolute Gasteiger partial charge is 0.750 e. The van der Waals surface area contributed by atoms with Crippen LogP contribution < -0.4 is 59.1 Å². The Hall–Kier alpha value is 1.81. The van der Waals surface area contributed by atoms with Crippen molar-refractivity contribution < 1.29 is 90.5 Å². The second-order valence-corrected chi connectivity index (χ2v) is 1.54. The molecule has 70 valence electrons. The fraction of sp³-hybridized carbons (Fsp3) is 0.500. The molecule has 2 N–H and O–H groups in total. The monoisotopic (exact) mass is 252 g/mol. The summed E-state index contributed by atoms with van der Waals surface area (Å²) in [6.07, 6.45) is 0.750. The van der Waals surface area contributed by atoms with E-state index in [-0.39, 0.29) is 59.1 Å². The maximum Gasteiger partial charge on any atom is 1.00 e. The standard InChI is InChI=1S/C2H4O.2Na.2H2O3S/c1-2-3;;;2*1-4(2)3/h2H,1H3;;;2*(H2,1,2,3)/q;2*+1;;/p-2. The van der Waals surface area contributed by atoms with Gasteiger partial charge in [-0.3, -0.25) is 0 Å². The zero-order chi connectivity index (χ0) is 9.86. The molecule has 0 aliphatic carbocycles. The molecule has 2 atom stereocenters. The SMILES string of the molecule is CC=O.O=S([O-])O.O=S([O-])O.[Na+].[Na+]. The van der Waals surface area contributed by atoms with Gasteiger partial charge in [0.2, 0.25) is 0 Å². The summed E-state index contributed by atoms with van der Waals surface area (Å²) in [6.45, 7) is 1.44. The molecule has 0 rings (SSSR count). The predicted octanol–water partition coefficient (Wildman–Crippen LogP) is -7.11. The summed E-state index contributed by atoms with van der Waals surface area (Å²) in [5.41, 5.74) is 0. The Morgan fingerprint density at radius 3 is 1.08 bits per heavy atom. The quantitative estimate of drug-likeness (QED) is 0.248. The van der Waals surface area contributed by atoms with E-state index in [1.165, 1.54) is 6.92 Å². The number of rotatable bonds is 0. The van der Waals surface area contributed by atoms with Gasteiger partial charge in [0.1, 0.15) is 6.29 Å². The Kier molecular flexibility index (Phi) is 65.9. The van der Waals surface area contributed by atoms with E-state index in [1.807, 2.05) is 0 Å². The van der Waals surface area contributed by atoms with Crippen molar-refractivity contribution in [1.29, 1.82) is 0 Å². The van der Waals surface area contributed by atoms with Crippen molar-refractivity contribution in [3.8, 4) is 0 Å². The van der Waals surface area contributed by atoms with E-state index in [9.17, 15) is 0 Å². The Morgan fingerprint density at radius 2 is 1.08 bits per heavy atom. The summed E-state index contributed by atoms with van der Waals surface area (Å²) in [7, 11) is 0. The molecule has 13 heavy (non-hydrogen) atoms. The number of hydrogen-bond donors (Lipinski definition) is 2. The largest absolute Gasteiger partial charge is 1.00 e. The van der Waals surface area contributed by atoms with Crippen LogP contribution in [0.5, 0.6) is 0 Å². The first-order valence-corrected chi connectivity index (χ1v) is 3.91. The van der Waals surface area contributed by atoms with Gasteiger partial charge in [0.25, 0.3) is 0 Å². The van der Waals surface area contributed by atoms with Crippen LogP contribution >= 0.6 is 0 Å². The van der Waals surface area contributed by atoms with Gasteiger partial charge < -0.3 is 23.0 Å². The Labute approximate surface area is 125 Å². The molecule has 0 radical (unpaired) electrons. The number of carbonyl (C=O) groups excluding carboxylic acids is 1. The number of hydrogen-bond acceptors (Lipinski definition) is 5. The first-order chi connectivity index (χ1) is 4.88. The van der Waals surface area contributed by atoms with Gasteiger partial charge >= 0.3 is 59.1 Å². The molecule has 7 nitrogen and oxygen atoms in total. The minimum atomic E-state index is -2.86. The maximum absolute atomic E-state index is 8.81. The summed E-state index contributed by atoms with van der Waals surface area (Å²) in [4.78, 5) is 8.81. The first kappa shape index (κ1) is 29.3. The van der Waals surface area contributed by atoms with E-state index >= 15 is 0 Å². The minimum Gasteiger partial charge on any atom is -0.750 e. The molecule has 0 aromatic carbocycles. The van der Waals surface area contributed by atoms with E-state index in [2.05, 4.69) is 0 Å². The molecule has 0 aromatic rings. The summed E-state index contributed by atoms with van der Waals surface area (Å²) in [6, 6.07) is 0. The molecule has 0 heterocycles. The Balaban J connectivity index is -0.0000000231. The van der Waals surface area contributed by atoms with Gasteiger partial charge in [-0.15, -0.1) is 0 Å². The number of aldehydes is 1. The van der Waals surface area contributed by atoms with Crippen LogP contribution in [0.15, 0.2) is 0 Å². The van der Waals surface area contributed by atoms with Gasteiger partial charge in [0.05, 0.1) is 22.7 Å². The van der Waals surface area contributed by atoms with Crippen LogP contribution in [0.4, 0.5) is 0 Å². The molecule has 2 unspecified atom stereocenters. The average Bonchev–Trinajstić information content (AvgIpc) is 1.60. The third-order valence-corrected chi connectivity index (χ3v) is 0. The van der Waals surface area contributed by atoms with E-state index in [0.29, 0.717) is 0 Å². The van der Waals surface area contributed by atoms with Crippen LogP contribution in [0, 0.1) is 0 Å². The molecule has 0 fully saturated rings. The maximum atomic E-state index is 8.81. The van der Waals surface area contributed by atoms with Gasteiger partial charge in [-0.1, -0.05) is 0 Å². The van der Waals surface area contributed by atoms with Crippen molar-refractivity contribution in [1.82, 2.24) is 0 Å². The van der Waals surface area contributed by atoms with E-state index in [4.69, 9.17) is 31.4 Å². The molecule has 0 saturated heterocycles. The topological polar surface area (TPSA) is 138 Å². The van der Waals surface area contributed by atoms with Crippen molar-refractivity contribution in [2.45, 2.75) is 6.92 Å². The third kappa shape index (κ3) is 588. The summed E-state index contributed by atoms with van der Waals surface area (Å²) < 4.78 is 48.2. The Morgan fingerprint density at radius 1 is 1.08 bits per heavy atom. The van der Waals surface area contributed by atoms with Crippen molar-refractivity contribution in [3.05, 3.63) is 0 Å². The molecule has 0 aliphatic rings. The fourth-order valence-corrected chi connectivity index (χ4v) is 0. The normalized spacial score (nSPS) is 10.5. The van der Waals surface area contributed by atoms with Crippen molar-refractivity contribution >= 4 is 29.0 Å². The molecule has 0 saturated carbocycles. The van der Waals surface area contributed by atoms with E-state index in [0.717, 1.165) is 6.29 Å². The molecular formula is C2H6Na2O7S2. The fourth-order valence-electron chi connectivity index (χ4n) is 0. The molecule has 0 aromatic heterocycles. The van der Waals surface area contributed by atoms with Gasteiger partial charge in [-0.05, 0) is 6.92 Å². The first-order valence-electron chi connectivity index (χ1n) is 1.84. The number of carbonyl (C=O) groups is 1. The van der Waals surface area contributed by atoms with E-state index < -0.39 is 22.7 Å².